The summed E-state index contributed by atoms with van der Waals surface area (Å²) in [5.41, 5.74) is 5.49. The van der Waals surface area contributed by atoms with Crippen molar-refractivity contribution >= 4 is 23.6 Å². The monoisotopic (exact) mass is 288 g/mol. The van der Waals surface area contributed by atoms with Gasteiger partial charge in [-0.15, -0.1) is 0 Å². The lowest BCUT2D eigenvalue weighted by Crippen LogP contribution is -2.47. The number of amides is 1. The Morgan fingerprint density at radius 3 is 2.84 bits per heavy atom. The van der Waals surface area contributed by atoms with E-state index in [0.717, 1.165) is 24.3 Å². The standard InChI is InChI=1S/C13H24N2O3S/c1-10(4-5-14)2-3-12(16)15-6-7-19-9-11(15)8-13(17)18/h10-11H,2-9,14H2,1H3,(H,17,18). The van der Waals surface area contributed by atoms with Crippen LogP contribution in [-0.4, -0.2) is 52.5 Å². The van der Waals surface area contributed by atoms with E-state index in [1.807, 2.05) is 0 Å². The molecule has 1 amide bonds. The Balaban J connectivity index is 2.45. The van der Waals surface area contributed by atoms with Gasteiger partial charge in [0.15, 0.2) is 0 Å². The summed E-state index contributed by atoms with van der Waals surface area (Å²) in [6.45, 7) is 3.42. The Labute approximate surface area is 118 Å². The predicted octanol–water partition coefficient (Wildman–Crippen LogP) is 1.17. The molecule has 3 N–H and O–H groups in total. The molecule has 1 fully saturated rings. The normalized spacial score (nSPS) is 21.2. The van der Waals surface area contributed by atoms with Crippen molar-refractivity contribution in [1.29, 1.82) is 0 Å². The third kappa shape index (κ3) is 5.82. The minimum Gasteiger partial charge on any atom is -0.481 e. The van der Waals surface area contributed by atoms with Crippen LogP contribution in [0.2, 0.25) is 0 Å². The van der Waals surface area contributed by atoms with Crippen molar-refractivity contribution in [2.75, 3.05) is 24.6 Å². The van der Waals surface area contributed by atoms with Crippen LogP contribution in [-0.2, 0) is 9.59 Å². The molecule has 1 aliphatic heterocycles. The van der Waals surface area contributed by atoms with Gasteiger partial charge in [0, 0.05) is 24.5 Å². The summed E-state index contributed by atoms with van der Waals surface area (Å²) in [4.78, 5) is 24.8. The molecule has 2 unspecified atom stereocenters. The van der Waals surface area contributed by atoms with E-state index in [1.165, 1.54) is 0 Å². The van der Waals surface area contributed by atoms with Crippen molar-refractivity contribution in [3.63, 3.8) is 0 Å². The second-order valence-electron chi connectivity index (χ2n) is 5.13. The fourth-order valence-electron chi connectivity index (χ4n) is 2.30. The molecule has 0 radical (unpaired) electrons. The highest BCUT2D eigenvalue weighted by Crippen LogP contribution is 2.21. The summed E-state index contributed by atoms with van der Waals surface area (Å²) in [5.74, 6) is 1.35. The highest BCUT2D eigenvalue weighted by Gasteiger charge is 2.28. The molecule has 1 heterocycles. The van der Waals surface area contributed by atoms with Gasteiger partial charge in [-0.1, -0.05) is 6.92 Å². The van der Waals surface area contributed by atoms with Gasteiger partial charge in [-0.05, 0) is 25.3 Å². The summed E-state index contributed by atoms with van der Waals surface area (Å²) in [6.07, 6.45) is 2.32. The Bertz CT molecular complexity index is 312. The van der Waals surface area contributed by atoms with E-state index in [1.54, 1.807) is 16.7 Å². The van der Waals surface area contributed by atoms with Crippen molar-refractivity contribution in [3.8, 4) is 0 Å². The Morgan fingerprint density at radius 1 is 1.47 bits per heavy atom. The van der Waals surface area contributed by atoms with E-state index in [9.17, 15) is 9.59 Å². The number of nitrogens with two attached hydrogens (primary N) is 1. The van der Waals surface area contributed by atoms with Gasteiger partial charge in [-0.2, -0.15) is 11.8 Å². The van der Waals surface area contributed by atoms with Gasteiger partial charge in [-0.3, -0.25) is 9.59 Å². The van der Waals surface area contributed by atoms with Gasteiger partial charge < -0.3 is 15.7 Å². The molecule has 0 saturated carbocycles. The van der Waals surface area contributed by atoms with Gasteiger partial charge in [0.1, 0.15) is 0 Å². The molecular weight excluding hydrogens is 264 g/mol. The average Bonchev–Trinajstić information content (AvgIpc) is 2.36. The van der Waals surface area contributed by atoms with Crippen molar-refractivity contribution < 1.29 is 14.7 Å². The zero-order valence-corrected chi connectivity index (χ0v) is 12.3. The summed E-state index contributed by atoms with van der Waals surface area (Å²) >= 11 is 1.72. The third-order valence-corrected chi connectivity index (χ3v) is 4.56. The number of rotatable bonds is 7. The molecule has 110 valence electrons. The number of nitrogens with zero attached hydrogens (tertiary/aromatic N) is 1. The minimum absolute atomic E-state index is 0.0527. The summed E-state index contributed by atoms with van der Waals surface area (Å²) in [6, 6.07) is -0.145. The van der Waals surface area contributed by atoms with E-state index >= 15 is 0 Å². The second kappa shape index (κ2) is 8.43. The Morgan fingerprint density at radius 2 is 2.21 bits per heavy atom. The number of hydrogen-bond acceptors (Lipinski definition) is 4. The Kier molecular flexibility index (Phi) is 7.23. The molecule has 19 heavy (non-hydrogen) atoms. The van der Waals surface area contributed by atoms with Crippen LogP contribution in [0.15, 0.2) is 0 Å². The topological polar surface area (TPSA) is 83.6 Å². The van der Waals surface area contributed by atoms with Gasteiger partial charge in [0.2, 0.25) is 5.91 Å². The summed E-state index contributed by atoms with van der Waals surface area (Å²) in [5, 5.41) is 8.89. The number of carbonyl (C=O) groups excluding carboxylic acids is 1. The maximum absolute atomic E-state index is 12.2. The first-order valence-electron chi connectivity index (χ1n) is 6.83. The molecule has 0 bridgehead atoms. The highest BCUT2D eigenvalue weighted by molar-refractivity contribution is 7.99. The predicted molar refractivity (Wildman–Crippen MR) is 77.1 cm³/mol. The lowest BCUT2D eigenvalue weighted by molar-refractivity contribution is -0.140. The van der Waals surface area contributed by atoms with Gasteiger partial charge in [0.25, 0.3) is 0 Å². The van der Waals surface area contributed by atoms with Gasteiger partial charge >= 0.3 is 5.97 Å². The van der Waals surface area contributed by atoms with Gasteiger partial charge in [0.05, 0.1) is 12.5 Å². The fraction of sp³-hybridized carbons (Fsp3) is 0.846. The molecule has 5 nitrogen and oxygen atoms in total. The molecule has 0 aromatic carbocycles. The smallest absolute Gasteiger partial charge is 0.305 e. The number of carboxylic acid groups (broad SMARTS) is 1. The minimum atomic E-state index is -0.832. The number of carboxylic acids is 1. The van der Waals surface area contributed by atoms with Crippen LogP contribution in [0.5, 0.6) is 0 Å². The highest BCUT2D eigenvalue weighted by atomic mass is 32.2. The van der Waals surface area contributed by atoms with Crippen LogP contribution in [0.1, 0.15) is 32.6 Å². The molecule has 0 aromatic heterocycles. The Hall–Kier alpha value is -0.750. The lowest BCUT2D eigenvalue weighted by atomic mass is 10.0. The van der Waals surface area contributed by atoms with Crippen molar-refractivity contribution in [3.05, 3.63) is 0 Å². The largest absolute Gasteiger partial charge is 0.481 e. The number of carbonyl (C=O) groups is 2. The quantitative estimate of drug-likeness (QED) is 0.734. The molecule has 1 rings (SSSR count). The maximum Gasteiger partial charge on any atom is 0.305 e. The third-order valence-electron chi connectivity index (χ3n) is 3.47. The summed E-state index contributed by atoms with van der Waals surface area (Å²) < 4.78 is 0. The molecule has 0 aliphatic carbocycles. The number of hydrogen-bond donors (Lipinski definition) is 2. The zero-order chi connectivity index (χ0) is 14.3. The summed E-state index contributed by atoms with van der Waals surface area (Å²) in [7, 11) is 0. The molecule has 6 heteroatoms. The van der Waals surface area contributed by atoms with Crippen molar-refractivity contribution in [1.82, 2.24) is 4.90 Å². The van der Waals surface area contributed by atoms with E-state index in [2.05, 4.69) is 6.92 Å². The molecule has 2 atom stereocenters. The van der Waals surface area contributed by atoms with Crippen LogP contribution < -0.4 is 5.73 Å². The van der Waals surface area contributed by atoms with Crippen LogP contribution in [0.3, 0.4) is 0 Å². The molecule has 1 aliphatic rings. The first kappa shape index (κ1) is 16.3. The maximum atomic E-state index is 12.2. The van der Waals surface area contributed by atoms with E-state index in [0.29, 0.717) is 25.4 Å². The van der Waals surface area contributed by atoms with E-state index < -0.39 is 5.97 Å². The van der Waals surface area contributed by atoms with E-state index in [-0.39, 0.29) is 18.4 Å². The van der Waals surface area contributed by atoms with E-state index in [4.69, 9.17) is 10.8 Å². The second-order valence-corrected chi connectivity index (χ2v) is 6.28. The van der Waals surface area contributed by atoms with Crippen LogP contribution in [0, 0.1) is 5.92 Å². The lowest BCUT2D eigenvalue weighted by Gasteiger charge is -2.35. The van der Waals surface area contributed by atoms with Crippen molar-refractivity contribution in [2.24, 2.45) is 11.7 Å². The zero-order valence-electron chi connectivity index (χ0n) is 11.5. The number of thioether (sulfide) groups is 1. The molecule has 0 spiro atoms. The first-order chi connectivity index (χ1) is 9.04. The van der Waals surface area contributed by atoms with Crippen LogP contribution in [0.25, 0.3) is 0 Å². The van der Waals surface area contributed by atoms with Gasteiger partial charge in [-0.25, -0.2) is 0 Å². The average molecular weight is 288 g/mol. The first-order valence-corrected chi connectivity index (χ1v) is 7.99. The molecular formula is C13H24N2O3S. The van der Waals surface area contributed by atoms with Crippen molar-refractivity contribution in [2.45, 2.75) is 38.6 Å². The van der Waals surface area contributed by atoms with Crippen LogP contribution >= 0.6 is 11.8 Å². The SMILES string of the molecule is CC(CCN)CCC(=O)N1CCSCC1CC(=O)O. The molecule has 0 aromatic rings. The molecule has 1 saturated heterocycles. The van der Waals surface area contributed by atoms with Crippen LogP contribution in [0.4, 0.5) is 0 Å². The fourth-order valence-corrected chi connectivity index (χ4v) is 3.36. The number of aliphatic carboxylic acids is 1.